The zero-order valence-electron chi connectivity index (χ0n) is 17.0. The second-order valence-corrected chi connectivity index (χ2v) is 8.72. The van der Waals surface area contributed by atoms with Crippen molar-refractivity contribution in [3.8, 4) is 6.07 Å². The maximum absolute atomic E-state index is 12.8. The van der Waals surface area contributed by atoms with Crippen molar-refractivity contribution < 1.29 is 18.0 Å². The summed E-state index contributed by atoms with van der Waals surface area (Å²) in [4.78, 5) is 27.8. The third-order valence-corrected chi connectivity index (χ3v) is 7.07. The Hall–Kier alpha value is -2.44. The van der Waals surface area contributed by atoms with Gasteiger partial charge in [0.05, 0.1) is 10.5 Å². The van der Waals surface area contributed by atoms with Crippen LogP contribution in [-0.2, 0) is 19.6 Å². The van der Waals surface area contributed by atoms with Crippen molar-refractivity contribution in [1.82, 2.24) is 14.1 Å². The second-order valence-electron chi connectivity index (χ2n) is 6.81. The Balaban J connectivity index is 1.88. The lowest BCUT2D eigenvalue weighted by molar-refractivity contribution is -0.133. The van der Waals surface area contributed by atoms with Crippen molar-refractivity contribution in [2.75, 3.05) is 39.3 Å². The van der Waals surface area contributed by atoms with E-state index in [2.05, 4.69) is 0 Å². The highest BCUT2D eigenvalue weighted by molar-refractivity contribution is 7.89. The fourth-order valence-corrected chi connectivity index (χ4v) is 4.95. The molecular formula is C20H28N4O4S. The van der Waals surface area contributed by atoms with Crippen molar-refractivity contribution in [2.45, 2.75) is 38.0 Å². The van der Waals surface area contributed by atoms with Gasteiger partial charge in [0.15, 0.2) is 0 Å². The standard InChI is InChI=1S/C20H28N4O4S/c1-3-22(4-2)19(25)10-7-11-20(26)23-12-14-24(15-13-23)29(27,28)18-9-6-5-8-17(18)16-21/h5-6,8-9H,3-4,7,10-15H2,1-2H3. The van der Waals surface area contributed by atoms with Gasteiger partial charge in [0.2, 0.25) is 21.8 Å². The average Bonchev–Trinajstić information content (AvgIpc) is 2.74. The number of nitriles is 1. The van der Waals surface area contributed by atoms with Crippen molar-refractivity contribution >= 4 is 21.8 Å². The molecule has 0 N–H and O–H groups in total. The van der Waals surface area contributed by atoms with E-state index in [4.69, 9.17) is 5.26 Å². The molecule has 0 aliphatic carbocycles. The average molecular weight is 421 g/mol. The summed E-state index contributed by atoms with van der Waals surface area (Å²) >= 11 is 0. The maximum atomic E-state index is 12.8. The molecule has 158 valence electrons. The largest absolute Gasteiger partial charge is 0.343 e. The number of benzene rings is 1. The van der Waals surface area contributed by atoms with Crippen LogP contribution in [0.5, 0.6) is 0 Å². The van der Waals surface area contributed by atoms with E-state index < -0.39 is 10.0 Å². The molecule has 2 amide bonds. The lowest BCUT2D eigenvalue weighted by Crippen LogP contribution is -2.50. The fourth-order valence-electron chi connectivity index (χ4n) is 3.38. The summed E-state index contributed by atoms with van der Waals surface area (Å²) < 4.78 is 27.0. The van der Waals surface area contributed by atoms with E-state index >= 15 is 0 Å². The van der Waals surface area contributed by atoms with E-state index in [-0.39, 0.29) is 41.8 Å². The topological polar surface area (TPSA) is 102 Å². The molecule has 1 aromatic rings. The molecule has 0 aromatic heterocycles. The summed E-state index contributed by atoms with van der Waals surface area (Å²) in [5, 5.41) is 9.17. The number of hydrogen-bond donors (Lipinski definition) is 0. The van der Waals surface area contributed by atoms with Gasteiger partial charge >= 0.3 is 0 Å². The summed E-state index contributed by atoms with van der Waals surface area (Å²) in [5.74, 6) is -0.0123. The first-order chi connectivity index (χ1) is 13.8. The van der Waals surface area contributed by atoms with E-state index in [1.54, 1.807) is 21.9 Å². The van der Waals surface area contributed by atoms with Crippen LogP contribution in [0, 0.1) is 11.3 Å². The van der Waals surface area contributed by atoms with Crippen LogP contribution in [0.2, 0.25) is 0 Å². The molecule has 29 heavy (non-hydrogen) atoms. The number of sulfonamides is 1. The maximum Gasteiger partial charge on any atom is 0.244 e. The van der Waals surface area contributed by atoms with Gasteiger partial charge in [0.1, 0.15) is 6.07 Å². The molecule has 0 radical (unpaired) electrons. The van der Waals surface area contributed by atoms with E-state index in [0.717, 1.165) is 0 Å². The highest BCUT2D eigenvalue weighted by Crippen LogP contribution is 2.21. The van der Waals surface area contributed by atoms with Crippen molar-refractivity contribution in [2.24, 2.45) is 0 Å². The van der Waals surface area contributed by atoms with Crippen LogP contribution in [0.1, 0.15) is 38.7 Å². The number of piperazine rings is 1. The predicted molar refractivity (Wildman–Crippen MR) is 108 cm³/mol. The van der Waals surface area contributed by atoms with Gasteiger partial charge in [-0.15, -0.1) is 0 Å². The Bertz CT molecular complexity index is 867. The molecule has 8 nitrogen and oxygen atoms in total. The molecule has 9 heteroatoms. The van der Waals surface area contributed by atoms with Crippen LogP contribution in [0.15, 0.2) is 29.2 Å². The van der Waals surface area contributed by atoms with Gasteiger partial charge in [-0.1, -0.05) is 12.1 Å². The normalized spacial score (nSPS) is 15.0. The molecule has 1 aromatic carbocycles. The third-order valence-electron chi connectivity index (χ3n) is 5.11. The minimum Gasteiger partial charge on any atom is -0.343 e. The minimum atomic E-state index is -3.77. The van der Waals surface area contributed by atoms with Gasteiger partial charge in [0, 0.05) is 52.1 Å². The van der Waals surface area contributed by atoms with Crippen molar-refractivity contribution in [1.29, 1.82) is 5.26 Å². The molecule has 2 rings (SSSR count). The number of amides is 2. The summed E-state index contributed by atoms with van der Waals surface area (Å²) in [6.45, 7) is 6.15. The Morgan fingerprint density at radius 3 is 2.28 bits per heavy atom. The summed E-state index contributed by atoms with van der Waals surface area (Å²) in [7, 11) is -3.77. The zero-order valence-corrected chi connectivity index (χ0v) is 17.8. The second kappa shape index (κ2) is 10.4. The van der Waals surface area contributed by atoms with Crippen LogP contribution in [0.4, 0.5) is 0 Å². The predicted octanol–water partition coefficient (Wildman–Crippen LogP) is 1.43. The van der Waals surface area contributed by atoms with E-state index in [1.165, 1.54) is 16.4 Å². The molecule has 0 atom stereocenters. The van der Waals surface area contributed by atoms with Gasteiger partial charge in [-0.3, -0.25) is 9.59 Å². The number of hydrogen-bond acceptors (Lipinski definition) is 5. The number of carbonyl (C=O) groups is 2. The van der Waals surface area contributed by atoms with Crippen LogP contribution in [0.25, 0.3) is 0 Å². The van der Waals surface area contributed by atoms with Crippen LogP contribution in [-0.4, -0.2) is 73.6 Å². The molecular weight excluding hydrogens is 392 g/mol. The molecule has 0 bridgehead atoms. The van der Waals surface area contributed by atoms with Crippen LogP contribution >= 0.6 is 0 Å². The minimum absolute atomic E-state index is 0.00260. The monoisotopic (exact) mass is 420 g/mol. The molecule has 1 heterocycles. The zero-order chi connectivity index (χ0) is 21.4. The van der Waals surface area contributed by atoms with Crippen LogP contribution in [0.3, 0.4) is 0 Å². The molecule has 0 unspecified atom stereocenters. The third kappa shape index (κ3) is 5.55. The van der Waals surface area contributed by atoms with Crippen molar-refractivity contribution in [3.63, 3.8) is 0 Å². The van der Waals surface area contributed by atoms with Crippen molar-refractivity contribution in [3.05, 3.63) is 29.8 Å². The van der Waals surface area contributed by atoms with E-state index in [0.29, 0.717) is 39.0 Å². The first kappa shape index (κ1) is 22.8. The fraction of sp³-hybridized carbons (Fsp3) is 0.550. The number of nitrogens with zero attached hydrogens (tertiary/aromatic N) is 4. The Labute approximate surface area is 172 Å². The quantitative estimate of drug-likeness (QED) is 0.633. The van der Waals surface area contributed by atoms with Gasteiger partial charge < -0.3 is 9.80 Å². The summed E-state index contributed by atoms with van der Waals surface area (Å²) in [6, 6.07) is 8.04. The van der Waals surface area contributed by atoms with Gasteiger partial charge in [-0.2, -0.15) is 9.57 Å². The lowest BCUT2D eigenvalue weighted by Gasteiger charge is -2.34. The van der Waals surface area contributed by atoms with Gasteiger partial charge in [-0.25, -0.2) is 8.42 Å². The van der Waals surface area contributed by atoms with Gasteiger partial charge in [-0.05, 0) is 32.4 Å². The Morgan fingerprint density at radius 2 is 1.69 bits per heavy atom. The van der Waals surface area contributed by atoms with Gasteiger partial charge in [0.25, 0.3) is 0 Å². The first-order valence-electron chi connectivity index (χ1n) is 9.90. The number of rotatable bonds is 8. The van der Waals surface area contributed by atoms with Crippen LogP contribution < -0.4 is 0 Å². The first-order valence-corrected chi connectivity index (χ1v) is 11.3. The Kier molecular flexibility index (Phi) is 8.17. The Morgan fingerprint density at radius 1 is 1.07 bits per heavy atom. The highest BCUT2D eigenvalue weighted by Gasteiger charge is 2.31. The molecule has 1 aliphatic heterocycles. The lowest BCUT2D eigenvalue weighted by atomic mass is 10.2. The number of carbonyl (C=O) groups excluding carboxylic acids is 2. The summed E-state index contributed by atoms with van der Waals surface area (Å²) in [5.41, 5.74) is 0.115. The molecule has 1 fully saturated rings. The molecule has 0 spiro atoms. The molecule has 0 saturated carbocycles. The summed E-state index contributed by atoms with van der Waals surface area (Å²) in [6.07, 6.45) is 1.10. The van der Waals surface area contributed by atoms with E-state index in [1.807, 2.05) is 19.9 Å². The van der Waals surface area contributed by atoms with E-state index in [9.17, 15) is 18.0 Å². The molecule has 1 saturated heterocycles. The highest BCUT2D eigenvalue weighted by atomic mass is 32.2. The SMILES string of the molecule is CCN(CC)C(=O)CCCC(=O)N1CCN(S(=O)(=O)c2ccccc2C#N)CC1. The molecule has 1 aliphatic rings. The smallest absolute Gasteiger partial charge is 0.244 e.